The van der Waals surface area contributed by atoms with E-state index < -0.39 is 23.3 Å². The fourth-order valence-electron chi connectivity index (χ4n) is 3.18. The number of nitrogens with zero attached hydrogens (tertiary/aromatic N) is 1. The first-order valence-electron chi connectivity index (χ1n) is 10.3. The molecule has 7 nitrogen and oxygen atoms in total. The standard InChI is InChI=1S/C21H37NO6/c1-7-16(5)18(19(23)27-13-11-25-9-3)21(15-22,17(6)8-2)20(24)28-14-12-26-10-4/h16-18H,7-14H2,1-6H3. The normalized spacial score (nSPS) is 16.3. The Labute approximate surface area is 169 Å². The summed E-state index contributed by atoms with van der Waals surface area (Å²) >= 11 is 0. The van der Waals surface area contributed by atoms with E-state index in [1.54, 1.807) is 6.92 Å². The molecule has 162 valence electrons. The second-order valence-corrected chi connectivity index (χ2v) is 6.85. The molecular weight excluding hydrogens is 362 g/mol. The highest BCUT2D eigenvalue weighted by molar-refractivity contribution is 5.88. The zero-order valence-electron chi connectivity index (χ0n) is 18.3. The quantitative estimate of drug-likeness (QED) is 0.308. The lowest BCUT2D eigenvalue weighted by molar-refractivity contribution is -0.173. The van der Waals surface area contributed by atoms with Crippen molar-refractivity contribution in [3.63, 3.8) is 0 Å². The summed E-state index contributed by atoms with van der Waals surface area (Å²) in [5, 5.41) is 10.1. The van der Waals surface area contributed by atoms with E-state index in [1.165, 1.54) is 0 Å². The van der Waals surface area contributed by atoms with Crippen molar-refractivity contribution in [2.24, 2.45) is 23.2 Å². The Kier molecular flexibility index (Phi) is 13.5. The molecule has 0 aliphatic carbocycles. The highest BCUT2D eigenvalue weighted by Crippen LogP contribution is 2.44. The molecule has 0 bridgehead atoms. The number of esters is 2. The van der Waals surface area contributed by atoms with Crippen molar-refractivity contribution in [3.05, 3.63) is 0 Å². The minimum absolute atomic E-state index is 0.0408. The molecule has 28 heavy (non-hydrogen) atoms. The lowest BCUT2D eigenvalue weighted by Crippen LogP contribution is -2.50. The summed E-state index contributed by atoms with van der Waals surface area (Å²) in [6.07, 6.45) is 1.17. The summed E-state index contributed by atoms with van der Waals surface area (Å²) in [6.45, 7) is 12.8. The number of ether oxygens (including phenoxy) is 4. The summed E-state index contributed by atoms with van der Waals surface area (Å²) in [4.78, 5) is 26.0. The van der Waals surface area contributed by atoms with E-state index in [9.17, 15) is 14.9 Å². The maximum atomic E-state index is 13.1. The lowest BCUT2D eigenvalue weighted by Gasteiger charge is -2.38. The smallest absolute Gasteiger partial charge is 0.327 e. The maximum absolute atomic E-state index is 13.1. The van der Waals surface area contributed by atoms with E-state index in [4.69, 9.17) is 18.9 Å². The Balaban J connectivity index is 5.75. The van der Waals surface area contributed by atoms with Crippen molar-refractivity contribution in [1.82, 2.24) is 0 Å². The van der Waals surface area contributed by atoms with Gasteiger partial charge < -0.3 is 18.9 Å². The molecule has 0 radical (unpaired) electrons. The van der Waals surface area contributed by atoms with Gasteiger partial charge in [-0.3, -0.25) is 9.59 Å². The molecule has 0 aromatic rings. The zero-order chi connectivity index (χ0) is 21.6. The van der Waals surface area contributed by atoms with Crippen LogP contribution in [0.4, 0.5) is 0 Å². The number of rotatable bonds is 15. The predicted molar refractivity (Wildman–Crippen MR) is 105 cm³/mol. The molecular formula is C21H37NO6. The number of carbonyl (C=O) groups is 2. The summed E-state index contributed by atoms with van der Waals surface area (Å²) < 4.78 is 21.2. The molecule has 4 unspecified atom stereocenters. The summed E-state index contributed by atoms with van der Waals surface area (Å²) in [7, 11) is 0. The first kappa shape index (κ1) is 26.4. The second-order valence-electron chi connectivity index (χ2n) is 6.85. The Hall–Kier alpha value is -1.65. The topological polar surface area (TPSA) is 94.9 Å². The van der Waals surface area contributed by atoms with Crippen LogP contribution < -0.4 is 0 Å². The third-order valence-corrected chi connectivity index (χ3v) is 5.21. The van der Waals surface area contributed by atoms with Crippen LogP contribution in [0.25, 0.3) is 0 Å². The predicted octanol–water partition coefficient (Wildman–Crippen LogP) is 3.36. The van der Waals surface area contributed by atoms with Gasteiger partial charge in [0.2, 0.25) is 0 Å². The number of hydrogen-bond donors (Lipinski definition) is 0. The summed E-state index contributed by atoms with van der Waals surface area (Å²) in [5.41, 5.74) is -1.61. The van der Waals surface area contributed by atoms with E-state index in [-0.39, 0.29) is 38.3 Å². The van der Waals surface area contributed by atoms with Gasteiger partial charge >= 0.3 is 11.9 Å². The van der Waals surface area contributed by atoms with Gasteiger partial charge in [0.15, 0.2) is 5.41 Å². The minimum atomic E-state index is -1.61. The summed E-state index contributed by atoms with van der Waals surface area (Å²) in [6, 6.07) is 2.16. The van der Waals surface area contributed by atoms with Crippen molar-refractivity contribution >= 4 is 11.9 Å². The van der Waals surface area contributed by atoms with Gasteiger partial charge in [0.05, 0.1) is 25.2 Å². The van der Waals surface area contributed by atoms with Gasteiger partial charge in [0.25, 0.3) is 0 Å². The molecule has 0 aliphatic heterocycles. The van der Waals surface area contributed by atoms with Gasteiger partial charge in [-0.2, -0.15) is 5.26 Å². The highest BCUT2D eigenvalue weighted by Gasteiger charge is 2.56. The Morgan fingerprint density at radius 1 is 0.893 bits per heavy atom. The largest absolute Gasteiger partial charge is 0.463 e. The van der Waals surface area contributed by atoms with Crippen molar-refractivity contribution in [2.45, 2.75) is 54.4 Å². The van der Waals surface area contributed by atoms with Gasteiger partial charge in [-0.1, -0.05) is 40.5 Å². The van der Waals surface area contributed by atoms with Crippen LogP contribution in [-0.4, -0.2) is 51.6 Å². The Morgan fingerprint density at radius 3 is 1.86 bits per heavy atom. The molecule has 0 aliphatic rings. The van der Waals surface area contributed by atoms with Crippen molar-refractivity contribution in [2.75, 3.05) is 39.6 Å². The first-order chi connectivity index (χ1) is 13.4. The fraction of sp³-hybridized carbons (Fsp3) is 0.857. The lowest BCUT2D eigenvalue weighted by atomic mass is 9.62. The van der Waals surface area contributed by atoms with Crippen LogP contribution >= 0.6 is 0 Å². The number of carbonyl (C=O) groups excluding carboxylic acids is 2. The number of nitriles is 1. The maximum Gasteiger partial charge on any atom is 0.327 e. The molecule has 0 heterocycles. The van der Waals surface area contributed by atoms with Gasteiger partial charge in [-0.05, 0) is 25.7 Å². The molecule has 0 saturated heterocycles. The molecule has 7 heteroatoms. The van der Waals surface area contributed by atoms with E-state index in [0.717, 1.165) is 0 Å². The minimum Gasteiger partial charge on any atom is -0.463 e. The van der Waals surface area contributed by atoms with Crippen LogP contribution in [0.1, 0.15) is 54.4 Å². The zero-order valence-corrected chi connectivity index (χ0v) is 18.3. The molecule has 0 aromatic carbocycles. The molecule has 0 N–H and O–H groups in total. The van der Waals surface area contributed by atoms with Gasteiger partial charge in [0.1, 0.15) is 13.2 Å². The van der Waals surface area contributed by atoms with E-state index in [0.29, 0.717) is 26.1 Å². The van der Waals surface area contributed by atoms with Crippen molar-refractivity contribution in [1.29, 1.82) is 5.26 Å². The average molecular weight is 400 g/mol. The molecule has 0 rings (SSSR count). The van der Waals surface area contributed by atoms with Crippen LogP contribution in [-0.2, 0) is 28.5 Å². The fourth-order valence-corrected chi connectivity index (χ4v) is 3.18. The molecule has 0 saturated carbocycles. The van der Waals surface area contributed by atoms with Crippen LogP contribution in [0.15, 0.2) is 0 Å². The Morgan fingerprint density at radius 2 is 1.43 bits per heavy atom. The van der Waals surface area contributed by atoms with Crippen LogP contribution in [0, 0.1) is 34.5 Å². The van der Waals surface area contributed by atoms with Crippen LogP contribution in [0.2, 0.25) is 0 Å². The average Bonchev–Trinajstić information content (AvgIpc) is 2.71. The second kappa shape index (κ2) is 14.4. The number of hydrogen-bond acceptors (Lipinski definition) is 7. The summed E-state index contributed by atoms with van der Waals surface area (Å²) in [5.74, 6) is -2.77. The van der Waals surface area contributed by atoms with Crippen molar-refractivity contribution in [3.8, 4) is 6.07 Å². The Bertz CT molecular complexity index is 504. The molecule has 0 spiro atoms. The van der Waals surface area contributed by atoms with Crippen LogP contribution in [0.5, 0.6) is 0 Å². The van der Waals surface area contributed by atoms with Crippen molar-refractivity contribution < 1.29 is 28.5 Å². The first-order valence-corrected chi connectivity index (χ1v) is 10.3. The third kappa shape index (κ3) is 7.06. The highest BCUT2D eigenvalue weighted by atomic mass is 16.6. The molecule has 4 atom stereocenters. The van der Waals surface area contributed by atoms with Gasteiger partial charge in [-0.25, -0.2) is 0 Å². The van der Waals surface area contributed by atoms with Gasteiger partial charge in [-0.15, -0.1) is 0 Å². The van der Waals surface area contributed by atoms with Crippen LogP contribution in [0.3, 0.4) is 0 Å². The van der Waals surface area contributed by atoms with E-state index >= 15 is 0 Å². The molecule has 0 aromatic heterocycles. The van der Waals surface area contributed by atoms with E-state index in [2.05, 4.69) is 6.07 Å². The monoisotopic (exact) mass is 399 g/mol. The molecule has 0 fully saturated rings. The van der Waals surface area contributed by atoms with E-state index in [1.807, 2.05) is 34.6 Å². The molecule has 0 amide bonds. The van der Waals surface area contributed by atoms with Gasteiger partial charge in [0, 0.05) is 13.2 Å². The SMILES string of the molecule is CCOCCOC(=O)C(C(C)CC)C(C#N)(C(=O)OCCOCC)C(C)CC. The third-order valence-electron chi connectivity index (χ3n) is 5.21.